The highest BCUT2D eigenvalue weighted by Crippen LogP contribution is 2.12. The van der Waals surface area contributed by atoms with Crippen LogP contribution in [0.2, 0.25) is 0 Å². The van der Waals surface area contributed by atoms with Crippen LogP contribution in [0.3, 0.4) is 0 Å². The van der Waals surface area contributed by atoms with Crippen LogP contribution < -0.4 is 5.32 Å². The molecule has 2 N–H and O–H groups in total. The maximum absolute atomic E-state index is 11.8. The Labute approximate surface area is 144 Å². The maximum atomic E-state index is 11.8. The second kappa shape index (κ2) is 8.92. The summed E-state index contributed by atoms with van der Waals surface area (Å²) in [6.07, 6.45) is 2.20. The van der Waals surface area contributed by atoms with Gasteiger partial charge in [-0.15, -0.1) is 0 Å². The van der Waals surface area contributed by atoms with Gasteiger partial charge < -0.3 is 10.4 Å². The van der Waals surface area contributed by atoms with Gasteiger partial charge in [0.25, 0.3) is 5.69 Å². The molecule has 1 aromatic carbocycles. The van der Waals surface area contributed by atoms with E-state index in [2.05, 4.69) is 5.32 Å². The number of amides is 1. The van der Waals surface area contributed by atoms with Gasteiger partial charge in [-0.2, -0.15) is 0 Å². The number of carbonyl (C=O) groups is 2. The summed E-state index contributed by atoms with van der Waals surface area (Å²) in [5, 5.41) is 21.8. The number of nitrogens with zero attached hydrogens (tertiary/aromatic N) is 1. The molecule has 0 aliphatic heterocycles. The van der Waals surface area contributed by atoms with Crippen molar-refractivity contribution in [3.8, 4) is 0 Å². The summed E-state index contributed by atoms with van der Waals surface area (Å²) in [6, 6.07) is 4.09. The van der Waals surface area contributed by atoms with E-state index in [4.69, 9.17) is 5.11 Å². The topological polar surface area (TPSA) is 144 Å². The Morgan fingerprint density at radius 2 is 1.92 bits per heavy atom. The predicted octanol–water partition coefficient (Wildman–Crippen LogP) is 1.00. The lowest BCUT2D eigenvalue weighted by Crippen LogP contribution is -2.41. The van der Waals surface area contributed by atoms with Crippen LogP contribution in [0.25, 0.3) is 6.08 Å². The lowest BCUT2D eigenvalue weighted by molar-refractivity contribution is -0.384. The minimum absolute atomic E-state index is 0.0929. The minimum atomic E-state index is -3.34. The van der Waals surface area contributed by atoms with Crippen molar-refractivity contribution in [3.63, 3.8) is 0 Å². The highest BCUT2D eigenvalue weighted by Gasteiger charge is 2.21. The van der Waals surface area contributed by atoms with Gasteiger partial charge in [0.15, 0.2) is 0 Å². The van der Waals surface area contributed by atoms with Crippen LogP contribution in [0.4, 0.5) is 5.69 Å². The largest absolute Gasteiger partial charge is 0.480 e. The zero-order valence-electron chi connectivity index (χ0n) is 13.4. The highest BCUT2D eigenvalue weighted by molar-refractivity contribution is 7.91. The third-order valence-corrected chi connectivity index (χ3v) is 5.04. The summed E-state index contributed by atoms with van der Waals surface area (Å²) >= 11 is 0. The van der Waals surface area contributed by atoms with Crippen LogP contribution in [0.1, 0.15) is 18.9 Å². The fourth-order valence-corrected chi connectivity index (χ4v) is 2.68. The molecule has 0 spiro atoms. The monoisotopic (exact) mass is 370 g/mol. The number of benzene rings is 1. The SMILES string of the molecule is CCS(=O)(=O)CCC(NC(=O)/C=C/c1ccc([N+](=O)[O-])cc1)C(=O)O. The number of carbonyl (C=O) groups excluding carboxylic acids is 1. The van der Waals surface area contributed by atoms with E-state index in [0.29, 0.717) is 5.56 Å². The lowest BCUT2D eigenvalue weighted by Gasteiger charge is -2.12. The first kappa shape index (κ1) is 20.3. The van der Waals surface area contributed by atoms with Gasteiger partial charge in [-0.3, -0.25) is 14.9 Å². The molecule has 0 aromatic heterocycles. The average Bonchev–Trinajstić information content (AvgIpc) is 2.56. The van der Waals surface area contributed by atoms with Crippen LogP contribution in [0.15, 0.2) is 30.3 Å². The number of nitro benzene ring substituents is 1. The third kappa shape index (κ3) is 7.12. The molecule has 1 rings (SSSR count). The van der Waals surface area contributed by atoms with E-state index in [1.54, 1.807) is 0 Å². The Morgan fingerprint density at radius 1 is 1.32 bits per heavy atom. The van der Waals surface area contributed by atoms with Gasteiger partial charge in [-0.05, 0) is 30.2 Å². The molecule has 1 amide bonds. The summed E-state index contributed by atoms with van der Waals surface area (Å²) < 4.78 is 22.9. The van der Waals surface area contributed by atoms with Gasteiger partial charge in [0, 0.05) is 24.0 Å². The molecule has 10 heteroatoms. The Kier molecular flexibility index (Phi) is 7.24. The van der Waals surface area contributed by atoms with Crippen molar-refractivity contribution in [1.82, 2.24) is 5.32 Å². The van der Waals surface area contributed by atoms with E-state index in [1.165, 1.54) is 37.3 Å². The Morgan fingerprint density at radius 3 is 2.40 bits per heavy atom. The van der Waals surface area contributed by atoms with Gasteiger partial charge in [0.1, 0.15) is 15.9 Å². The Bertz CT molecular complexity index is 770. The molecule has 0 heterocycles. The zero-order valence-corrected chi connectivity index (χ0v) is 14.2. The lowest BCUT2D eigenvalue weighted by atomic mass is 10.2. The van der Waals surface area contributed by atoms with Gasteiger partial charge in [-0.1, -0.05) is 6.92 Å². The number of non-ortho nitro benzene ring substituents is 1. The molecule has 1 atom stereocenters. The molecule has 9 nitrogen and oxygen atoms in total. The van der Waals surface area contributed by atoms with Crippen molar-refractivity contribution in [1.29, 1.82) is 0 Å². The summed E-state index contributed by atoms with van der Waals surface area (Å²) in [5.41, 5.74) is 0.422. The first-order chi connectivity index (χ1) is 11.6. The molecule has 1 unspecified atom stereocenters. The molecule has 0 aliphatic rings. The molecule has 1 aromatic rings. The molecular formula is C15H18N2O7S. The molecule has 0 saturated carbocycles. The summed E-state index contributed by atoms with van der Waals surface area (Å²) in [6.45, 7) is 1.45. The van der Waals surface area contributed by atoms with E-state index in [-0.39, 0.29) is 23.6 Å². The molecule has 25 heavy (non-hydrogen) atoms. The number of aliphatic carboxylic acids is 1. The fourth-order valence-electron chi connectivity index (χ4n) is 1.80. The predicted molar refractivity (Wildman–Crippen MR) is 90.6 cm³/mol. The number of hydrogen-bond acceptors (Lipinski definition) is 6. The standard InChI is InChI=1S/C15H18N2O7S/c1-2-25(23,24)10-9-13(15(19)20)16-14(18)8-5-11-3-6-12(7-4-11)17(21)22/h3-8,13H,2,9-10H2,1H3,(H,16,18)(H,19,20)/b8-5+. The Balaban J connectivity index is 2.68. The Hall–Kier alpha value is -2.75. The van der Waals surface area contributed by atoms with Crippen molar-refractivity contribution in [2.75, 3.05) is 11.5 Å². The van der Waals surface area contributed by atoms with E-state index in [0.717, 1.165) is 6.08 Å². The van der Waals surface area contributed by atoms with Gasteiger partial charge in [-0.25, -0.2) is 13.2 Å². The van der Waals surface area contributed by atoms with Crippen molar-refractivity contribution < 1.29 is 28.0 Å². The number of nitrogens with one attached hydrogen (secondary N) is 1. The second-order valence-electron chi connectivity index (χ2n) is 5.11. The molecular weight excluding hydrogens is 352 g/mol. The molecule has 0 radical (unpaired) electrons. The summed E-state index contributed by atoms with van der Waals surface area (Å²) in [7, 11) is -3.34. The summed E-state index contributed by atoms with van der Waals surface area (Å²) in [5.74, 6) is -2.48. The number of hydrogen-bond donors (Lipinski definition) is 2. The normalized spacial score (nSPS) is 12.7. The molecule has 0 fully saturated rings. The van der Waals surface area contributed by atoms with Crippen molar-refractivity contribution in [2.45, 2.75) is 19.4 Å². The van der Waals surface area contributed by atoms with Crippen molar-refractivity contribution in [3.05, 3.63) is 46.0 Å². The van der Waals surface area contributed by atoms with Gasteiger partial charge in [0.2, 0.25) is 5.91 Å². The van der Waals surface area contributed by atoms with Gasteiger partial charge >= 0.3 is 5.97 Å². The quantitative estimate of drug-likeness (QED) is 0.375. The van der Waals surface area contributed by atoms with E-state index >= 15 is 0 Å². The van der Waals surface area contributed by atoms with Crippen LogP contribution in [-0.4, -0.2) is 47.9 Å². The number of carboxylic acids is 1. The zero-order chi connectivity index (χ0) is 19.0. The molecule has 0 saturated heterocycles. The number of sulfone groups is 1. The highest BCUT2D eigenvalue weighted by atomic mass is 32.2. The number of rotatable bonds is 9. The smallest absolute Gasteiger partial charge is 0.326 e. The fraction of sp³-hybridized carbons (Fsp3) is 0.333. The summed E-state index contributed by atoms with van der Waals surface area (Å²) in [4.78, 5) is 32.9. The maximum Gasteiger partial charge on any atom is 0.326 e. The van der Waals surface area contributed by atoms with Crippen LogP contribution in [0.5, 0.6) is 0 Å². The second-order valence-corrected chi connectivity index (χ2v) is 7.58. The third-order valence-electron chi connectivity index (χ3n) is 3.30. The van der Waals surface area contributed by atoms with Crippen LogP contribution in [0, 0.1) is 10.1 Å². The van der Waals surface area contributed by atoms with Crippen molar-refractivity contribution >= 4 is 33.5 Å². The number of nitro groups is 1. The van der Waals surface area contributed by atoms with E-state index in [1.807, 2.05) is 0 Å². The first-order valence-electron chi connectivity index (χ1n) is 7.31. The van der Waals surface area contributed by atoms with E-state index in [9.17, 15) is 28.1 Å². The van der Waals surface area contributed by atoms with Crippen LogP contribution in [-0.2, 0) is 19.4 Å². The van der Waals surface area contributed by atoms with E-state index < -0.39 is 32.7 Å². The molecule has 0 bridgehead atoms. The number of carboxylic acid groups (broad SMARTS) is 1. The molecule has 0 aliphatic carbocycles. The first-order valence-corrected chi connectivity index (χ1v) is 9.13. The van der Waals surface area contributed by atoms with Gasteiger partial charge in [0.05, 0.1) is 10.7 Å². The van der Waals surface area contributed by atoms with Crippen LogP contribution >= 0.6 is 0 Å². The average molecular weight is 370 g/mol. The molecule has 136 valence electrons. The minimum Gasteiger partial charge on any atom is -0.480 e. The van der Waals surface area contributed by atoms with Crippen molar-refractivity contribution in [2.24, 2.45) is 0 Å².